The Hall–Kier alpha value is -2.63. The minimum atomic E-state index is -0.479. The lowest BCUT2D eigenvalue weighted by molar-refractivity contribution is 0.0913. The van der Waals surface area contributed by atoms with Gasteiger partial charge in [0.05, 0.1) is 5.69 Å². The summed E-state index contributed by atoms with van der Waals surface area (Å²) in [6, 6.07) is 8.24. The van der Waals surface area contributed by atoms with Gasteiger partial charge in [0.15, 0.2) is 0 Å². The van der Waals surface area contributed by atoms with Gasteiger partial charge in [0, 0.05) is 18.2 Å². The number of nitrogens with zero attached hydrogens (tertiary/aromatic N) is 1. The molecule has 2 rings (SSSR count). The van der Waals surface area contributed by atoms with E-state index in [-0.39, 0.29) is 11.7 Å². The molecular weight excluding hydrogens is 246 g/mol. The number of hydrogen-bond acceptors (Lipinski definition) is 4. The highest BCUT2D eigenvalue weighted by atomic mass is 16.5. The summed E-state index contributed by atoms with van der Waals surface area (Å²) in [6.07, 6.45) is 0. The van der Waals surface area contributed by atoms with Crippen molar-refractivity contribution in [3.05, 3.63) is 52.9 Å². The van der Waals surface area contributed by atoms with Gasteiger partial charge in [-0.25, -0.2) is 0 Å². The maximum Gasteiger partial charge on any atom is 0.290 e. The zero-order valence-corrected chi connectivity index (χ0v) is 10.3. The first-order chi connectivity index (χ1) is 9.06. The van der Waals surface area contributed by atoms with Gasteiger partial charge in [-0.1, -0.05) is 17.3 Å². The van der Waals surface area contributed by atoms with Gasteiger partial charge in [-0.3, -0.25) is 9.59 Å². The van der Waals surface area contributed by atoms with Crippen LogP contribution in [-0.2, 0) is 6.54 Å². The number of benzene rings is 1. The van der Waals surface area contributed by atoms with Crippen molar-refractivity contribution < 1.29 is 14.1 Å². The van der Waals surface area contributed by atoms with Crippen molar-refractivity contribution in [2.24, 2.45) is 5.73 Å². The maximum atomic E-state index is 11.7. The van der Waals surface area contributed by atoms with E-state index in [1.807, 2.05) is 0 Å². The summed E-state index contributed by atoms with van der Waals surface area (Å²) in [5, 5.41) is 6.32. The maximum absolute atomic E-state index is 11.7. The van der Waals surface area contributed by atoms with Gasteiger partial charge >= 0.3 is 0 Å². The fourth-order valence-electron chi connectivity index (χ4n) is 1.53. The topological polar surface area (TPSA) is 98.2 Å². The third-order valence-corrected chi connectivity index (χ3v) is 2.54. The van der Waals surface area contributed by atoms with E-state index in [1.165, 1.54) is 0 Å². The minimum Gasteiger partial charge on any atom is -0.366 e. The van der Waals surface area contributed by atoms with E-state index >= 15 is 0 Å². The van der Waals surface area contributed by atoms with E-state index in [1.54, 1.807) is 37.3 Å². The van der Waals surface area contributed by atoms with Crippen molar-refractivity contribution in [2.75, 3.05) is 0 Å². The van der Waals surface area contributed by atoms with Gasteiger partial charge in [-0.05, 0) is 24.6 Å². The molecule has 0 fully saturated rings. The van der Waals surface area contributed by atoms with Crippen molar-refractivity contribution in [1.82, 2.24) is 10.5 Å². The molecular formula is C13H13N3O3. The van der Waals surface area contributed by atoms with Crippen LogP contribution in [0.15, 0.2) is 34.9 Å². The fraction of sp³-hybridized carbons (Fsp3) is 0.154. The van der Waals surface area contributed by atoms with Gasteiger partial charge in [0.2, 0.25) is 11.7 Å². The van der Waals surface area contributed by atoms with Crippen LogP contribution in [0.25, 0.3) is 0 Å². The number of rotatable bonds is 4. The number of aromatic nitrogens is 1. The third-order valence-electron chi connectivity index (χ3n) is 2.54. The molecule has 6 heteroatoms. The molecule has 0 unspecified atom stereocenters. The van der Waals surface area contributed by atoms with E-state index in [0.29, 0.717) is 17.8 Å². The summed E-state index contributed by atoms with van der Waals surface area (Å²) in [6.45, 7) is 2.07. The smallest absolute Gasteiger partial charge is 0.290 e. The number of hydrogen-bond donors (Lipinski definition) is 2. The molecule has 6 nitrogen and oxygen atoms in total. The van der Waals surface area contributed by atoms with E-state index < -0.39 is 5.91 Å². The highest BCUT2D eigenvalue weighted by molar-refractivity contribution is 5.93. The Kier molecular flexibility index (Phi) is 3.61. The summed E-state index contributed by atoms with van der Waals surface area (Å²) < 4.78 is 4.84. The number of amides is 2. The molecule has 1 heterocycles. The molecule has 0 aliphatic carbocycles. The first-order valence-corrected chi connectivity index (χ1v) is 5.66. The molecule has 0 saturated heterocycles. The van der Waals surface area contributed by atoms with Gasteiger partial charge in [0.1, 0.15) is 0 Å². The minimum absolute atomic E-state index is 0.172. The van der Waals surface area contributed by atoms with Crippen molar-refractivity contribution >= 4 is 11.8 Å². The zero-order chi connectivity index (χ0) is 13.8. The van der Waals surface area contributed by atoms with Crippen molar-refractivity contribution in [2.45, 2.75) is 13.5 Å². The SMILES string of the molecule is Cc1cc(C(=O)NCc2ccc(C(N)=O)cc2)on1. The monoisotopic (exact) mass is 259 g/mol. The highest BCUT2D eigenvalue weighted by Crippen LogP contribution is 2.05. The molecule has 1 aromatic carbocycles. The van der Waals surface area contributed by atoms with Crippen LogP contribution < -0.4 is 11.1 Å². The quantitative estimate of drug-likeness (QED) is 0.856. The van der Waals surface area contributed by atoms with E-state index in [0.717, 1.165) is 5.56 Å². The number of primary amides is 1. The summed E-state index contributed by atoms with van der Waals surface area (Å²) in [5.41, 5.74) is 7.07. The zero-order valence-electron chi connectivity index (χ0n) is 10.3. The molecule has 19 heavy (non-hydrogen) atoms. The lowest BCUT2D eigenvalue weighted by Crippen LogP contribution is -2.22. The lowest BCUT2D eigenvalue weighted by Gasteiger charge is -2.03. The average Bonchev–Trinajstić information content (AvgIpc) is 2.83. The number of carbonyl (C=O) groups is 2. The van der Waals surface area contributed by atoms with Crippen molar-refractivity contribution in [3.8, 4) is 0 Å². The van der Waals surface area contributed by atoms with Crippen molar-refractivity contribution in [3.63, 3.8) is 0 Å². The Labute approximate surface area is 109 Å². The average molecular weight is 259 g/mol. The molecule has 0 atom stereocenters. The Morgan fingerprint density at radius 2 is 2.00 bits per heavy atom. The first kappa shape index (κ1) is 12.8. The summed E-state index contributed by atoms with van der Waals surface area (Å²) in [7, 11) is 0. The second-order valence-electron chi connectivity index (χ2n) is 4.08. The molecule has 0 aliphatic rings. The van der Waals surface area contributed by atoms with Gasteiger partial charge in [-0.15, -0.1) is 0 Å². The second-order valence-corrected chi connectivity index (χ2v) is 4.08. The van der Waals surface area contributed by atoms with Gasteiger partial charge in [-0.2, -0.15) is 0 Å². The third kappa shape index (κ3) is 3.19. The highest BCUT2D eigenvalue weighted by Gasteiger charge is 2.10. The summed E-state index contributed by atoms with van der Waals surface area (Å²) in [4.78, 5) is 22.6. The number of nitrogens with two attached hydrogens (primary N) is 1. The van der Waals surface area contributed by atoms with Crippen LogP contribution in [-0.4, -0.2) is 17.0 Å². The Balaban J connectivity index is 1.95. The number of nitrogens with one attached hydrogen (secondary N) is 1. The Morgan fingerprint density at radius 1 is 1.32 bits per heavy atom. The predicted molar refractivity (Wildman–Crippen MR) is 67.4 cm³/mol. The lowest BCUT2D eigenvalue weighted by atomic mass is 10.1. The predicted octanol–water partition coefficient (Wildman–Crippen LogP) is 1.01. The molecule has 1 aromatic heterocycles. The van der Waals surface area contributed by atoms with Gasteiger partial charge < -0.3 is 15.6 Å². The number of carbonyl (C=O) groups excluding carboxylic acids is 2. The normalized spacial score (nSPS) is 10.2. The molecule has 2 amide bonds. The molecule has 2 aromatic rings. The Morgan fingerprint density at radius 3 is 2.53 bits per heavy atom. The standard InChI is InChI=1S/C13H13N3O3/c1-8-6-11(19-16-8)13(18)15-7-9-2-4-10(5-3-9)12(14)17/h2-6H,7H2,1H3,(H2,14,17)(H,15,18). The van der Waals surface area contributed by atoms with E-state index in [4.69, 9.17) is 10.3 Å². The molecule has 98 valence electrons. The van der Waals surface area contributed by atoms with Crippen LogP contribution in [0.3, 0.4) is 0 Å². The molecule has 0 bridgehead atoms. The van der Waals surface area contributed by atoms with Crippen LogP contribution in [0.1, 0.15) is 32.2 Å². The number of aryl methyl sites for hydroxylation is 1. The van der Waals surface area contributed by atoms with Crippen LogP contribution in [0, 0.1) is 6.92 Å². The van der Waals surface area contributed by atoms with E-state index in [9.17, 15) is 9.59 Å². The molecule has 0 saturated carbocycles. The van der Waals surface area contributed by atoms with Crippen LogP contribution in [0.2, 0.25) is 0 Å². The van der Waals surface area contributed by atoms with Crippen LogP contribution in [0.4, 0.5) is 0 Å². The largest absolute Gasteiger partial charge is 0.366 e. The van der Waals surface area contributed by atoms with Crippen LogP contribution >= 0.6 is 0 Å². The molecule has 0 spiro atoms. The second kappa shape index (κ2) is 5.34. The molecule has 0 aliphatic heterocycles. The van der Waals surface area contributed by atoms with Crippen molar-refractivity contribution in [1.29, 1.82) is 0 Å². The Bertz CT molecular complexity index is 602. The first-order valence-electron chi connectivity index (χ1n) is 5.66. The van der Waals surface area contributed by atoms with Crippen LogP contribution in [0.5, 0.6) is 0 Å². The summed E-state index contributed by atoms with van der Waals surface area (Å²) >= 11 is 0. The molecule has 3 N–H and O–H groups in total. The van der Waals surface area contributed by atoms with E-state index in [2.05, 4.69) is 10.5 Å². The molecule has 0 radical (unpaired) electrons. The fourth-order valence-corrected chi connectivity index (χ4v) is 1.53. The summed E-state index contributed by atoms with van der Waals surface area (Å²) in [5.74, 6) is -0.640. The van der Waals surface area contributed by atoms with Gasteiger partial charge in [0.25, 0.3) is 5.91 Å².